The van der Waals surface area contributed by atoms with Gasteiger partial charge in [-0.15, -0.1) is 0 Å². The standard InChI is InChI=1S/C48H66O8/c1-33(17-13-19-35(3)21-23-41-37(5)29-39(31-47(41,7)8)55-45(53)27-25-43(49)50)15-11-12-16-34(2)18-14-20-36(4)22-24-42-38(6)30-40(32-48(42,9)10)56-46(54)28-26-44(51)52/h11-24,29,38-42H,25-28,30-32H2,1-10H3,(H,49,50)(H,51,52)/b12-11+,17-13+,18-14+,23-21+,24-22+,33-15+,34-16+,35-19+,36-20+. The van der Waals surface area contributed by atoms with Gasteiger partial charge in [0.2, 0.25) is 0 Å². The molecule has 0 aliphatic heterocycles. The molecule has 2 aliphatic carbocycles. The van der Waals surface area contributed by atoms with Crippen molar-refractivity contribution in [3.63, 3.8) is 0 Å². The van der Waals surface area contributed by atoms with Crippen molar-refractivity contribution in [1.29, 1.82) is 0 Å². The van der Waals surface area contributed by atoms with E-state index in [0.717, 1.165) is 40.7 Å². The van der Waals surface area contributed by atoms with Crippen LogP contribution in [0.5, 0.6) is 0 Å². The molecule has 2 rings (SSSR count). The molecule has 2 aliphatic rings. The third-order valence-electron chi connectivity index (χ3n) is 10.5. The molecule has 5 atom stereocenters. The van der Waals surface area contributed by atoms with Gasteiger partial charge in [-0.3, -0.25) is 19.2 Å². The summed E-state index contributed by atoms with van der Waals surface area (Å²) in [5, 5.41) is 17.7. The van der Waals surface area contributed by atoms with Crippen LogP contribution in [0.15, 0.2) is 119 Å². The molecular weight excluding hydrogens is 705 g/mol. The van der Waals surface area contributed by atoms with E-state index in [-0.39, 0.29) is 54.6 Å². The van der Waals surface area contributed by atoms with Gasteiger partial charge >= 0.3 is 23.9 Å². The van der Waals surface area contributed by atoms with Crippen LogP contribution in [0.3, 0.4) is 0 Å². The largest absolute Gasteiger partial charge is 0.481 e. The highest BCUT2D eigenvalue weighted by Crippen LogP contribution is 2.46. The van der Waals surface area contributed by atoms with Crippen molar-refractivity contribution >= 4 is 23.9 Å². The first kappa shape index (κ1) is 47.4. The lowest BCUT2D eigenvalue weighted by molar-refractivity contribution is -0.157. The highest BCUT2D eigenvalue weighted by Gasteiger charge is 2.41. The van der Waals surface area contributed by atoms with Crippen LogP contribution in [0.1, 0.15) is 114 Å². The first-order chi connectivity index (χ1) is 26.2. The van der Waals surface area contributed by atoms with Gasteiger partial charge in [-0.1, -0.05) is 148 Å². The lowest BCUT2D eigenvalue weighted by atomic mass is 9.63. The van der Waals surface area contributed by atoms with Gasteiger partial charge in [0.15, 0.2) is 0 Å². The quantitative estimate of drug-likeness (QED) is 0.0801. The Hall–Kier alpha value is -4.72. The smallest absolute Gasteiger partial charge is 0.306 e. The first-order valence-corrected chi connectivity index (χ1v) is 19.8. The number of rotatable bonds is 18. The molecule has 1 fully saturated rings. The number of esters is 2. The molecule has 306 valence electrons. The summed E-state index contributed by atoms with van der Waals surface area (Å²) < 4.78 is 11.2. The van der Waals surface area contributed by atoms with Crippen LogP contribution in [-0.4, -0.2) is 46.3 Å². The Labute approximate surface area is 335 Å². The van der Waals surface area contributed by atoms with E-state index in [1.165, 1.54) is 0 Å². The zero-order chi connectivity index (χ0) is 42.1. The number of carbonyl (C=O) groups is 4. The van der Waals surface area contributed by atoms with Crippen LogP contribution in [0, 0.1) is 28.6 Å². The summed E-state index contributed by atoms with van der Waals surface area (Å²) in [5.74, 6) is -2.06. The van der Waals surface area contributed by atoms with E-state index < -0.39 is 23.9 Å². The van der Waals surface area contributed by atoms with Gasteiger partial charge in [0, 0.05) is 5.92 Å². The van der Waals surface area contributed by atoms with E-state index in [4.69, 9.17) is 19.7 Å². The third-order valence-corrected chi connectivity index (χ3v) is 10.5. The van der Waals surface area contributed by atoms with Gasteiger partial charge in [-0.25, -0.2) is 0 Å². The molecule has 56 heavy (non-hydrogen) atoms. The van der Waals surface area contributed by atoms with E-state index in [1.54, 1.807) is 0 Å². The van der Waals surface area contributed by atoms with Crippen LogP contribution < -0.4 is 0 Å². The minimum Gasteiger partial charge on any atom is -0.481 e. The summed E-state index contributed by atoms with van der Waals surface area (Å²) in [4.78, 5) is 45.7. The van der Waals surface area contributed by atoms with Crippen LogP contribution in [0.2, 0.25) is 0 Å². The number of aliphatic carboxylic acids is 2. The monoisotopic (exact) mass is 770 g/mol. The SMILES string of the molecule is CC1=CC(OC(=O)CCC(=O)O)CC(C)(C)C1/C=C/C(C)=C/C=C/C(C)=C/C=C/C=C(C)/C=C/C=C(C)/C=C/C1C(C)CC(OC(=O)CCC(=O)O)CC1(C)C. The van der Waals surface area contributed by atoms with Crippen LogP contribution in [-0.2, 0) is 28.7 Å². The zero-order valence-electron chi connectivity index (χ0n) is 35.3. The third kappa shape index (κ3) is 17.8. The topological polar surface area (TPSA) is 127 Å². The molecule has 0 spiro atoms. The van der Waals surface area contributed by atoms with Crippen molar-refractivity contribution < 1.29 is 38.9 Å². The van der Waals surface area contributed by atoms with Crippen LogP contribution >= 0.6 is 0 Å². The number of hydrogen-bond donors (Lipinski definition) is 2. The van der Waals surface area contributed by atoms with Gasteiger partial charge < -0.3 is 19.7 Å². The van der Waals surface area contributed by atoms with Crippen LogP contribution in [0.25, 0.3) is 0 Å². The van der Waals surface area contributed by atoms with Crippen molar-refractivity contribution in [2.45, 2.75) is 126 Å². The number of carbonyl (C=O) groups excluding carboxylic acids is 2. The zero-order valence-corrected chi connectivity index (χ0v) is 35.3. The number of ether oxygens (including phenoxy) is 2. The fourth-order valence-electron chi connectivity index (χ4n) is 7.62. The Balaban J connectivity index is 1.88. The molecule has 1 saturated carbocycles. The maximum atomic E-state index is 12.1. The predicted octanol–water partition coefficient (Wildman–Crippen LogP) is 11.2. The van der Waals surface area contributed by atoms with E-state index >= 15 is 0 Å². The van der Waals surface area contributed by atoms with E-state index in [1.807, 2.05) is 24.3 Å². The molecule has 0 heterocycles. The summed E-state index contributed by atoms with van der Waals surface area (Å²) in [6.07, 6.45) is 32.4. The molecule has 0 aromatic carbocycles. The molecule has 8 nitrogen and oxygen atoms in total. The normalized spacial score (nSPS) is 25.0. The number of carboxylic acids is 2. The molecule has 0 saturated heterocycles. The van der Waals surface area contributed by atoms with Gasteiger partial charge in [-0.05, 0) is 82.6 Å². The minimum absolute atomic E-state index is 0.0600. The Kier molecular flexibility index (Phi) is 19.3. The van der Waals surface area contributed by atoms with Gasteiger partial charge in [0.1, 0.15) is 12.2 Å². The van der Waals surface area contributed by atoms with Crippen molar-refractivity contribution in [2.75, 3.05) is 0 Å². The fraction of sp³-hybridized carbons (Fsp3) is 0.500. The summed E-state index contributed by atoms with van der Waals surface area (Å²) >= 11 is 0. The van der Waals surface area contributed by atoms with Crippen molar-refractivity contribution in [1.82, 2.24) is 0 Å². The van der Waals surface area contributed by atoms with Gasteiger partial charge in [-0.2, -0.15) is 0 Å². The number of allylic oxidation sites excluding steroid dienone is 19. The molecule has 0 aromatic heterocycles. The molecular formula is C48H66O8. The predicted molar refractivity (Wildman–Crippen MR) is 226 cm³/mol. The van der Waals surface area contributed by atoms with E-state index in [2.05, 4.69) is 136 Å². The maximum Gasteiger partial charge on any atom is 0.306 e. The number of carboxylic acid groups (broad SMARTS) is 2. The van der Waals surface area contributed by atoms with E-state index in [0.29, 0.717) is 18.3 Å². The van der Waals surface area contributed by atoms with Gasteiger partial charge in [0.05, 0.1) is 25.7 Å². The Morgan fingerprint density at radius 2 is 1.12 bits per heavy atom. The Morgan fingerprint density at radius 1 is 0.661 bits per heavy atom. The lowest BCUT2D eigenvalue weighted by Crippen LogP contribution is -2.40. The molecule has 5 unspecified atom stereocenters. The Morgan fingerprint density at radius 3 is 1.61 bits per heavy atom. The summed E-state index contributed by atoms with van der Waals surface area (Å²) in [6, 6.07) is 0. The maximum absolute atomic E-state index is 12.1. The highest BCUT2D eigenvalue weighted by molar-refractivity contribution is 5.77. The van der Waals surface area contributed by atoms with Crippen molar-refractivity contribution in [3.8, 4) is 0 Å². The average molecular weight is 771 g/mol. The van der Waals surface area contributed by atoms with Crippen LogP contribution in [0.4, 0.5) is 0 Å². The molecule has 0 bridgehead atoms. The summed E-state index contributed by atoms with van der Waals surface area (Å²) in [5.41, 5.74) is 5.47. The van der Waals surface area contributed by atoms with Gasteiger partial charge in [0.25, 0.3) is 0 Å². The summed E-state index contributed by atoms with van der Waals surface area (Å²) in [6.45, 7) is 21.3. The van der Waals surface area contributed by atoms with Crippen molar-refractivity contribution in [2.24, 2.45) is 28.6 Å². The molecule has 0 aromatic rings. The highest BCUT2D eigenvalue weighted by atomic mass is 16.5. The molecule has 2 N–H and O–H groups in total. The first-order valence-electron chi connectivity index (χ1n) is 19.8. The number of hydrogen-bond acceptors (Lipinski definition) is 6. The fourth-order valence-corrected chi connectivity index (χ4v) is 7.62. The van der Waals surface area contributed by atoms with E-state index in [9.17, 15) is 19.2 Å². The second-order valence-electron chi connectivity index (χ2n) is 16.9. The second-order valence-corrected chi connectivity index (χ2v) is 16.9. The van der Waals surface area contributed by atoms with Crippen molar-refractivity contribution in [3.05, 3.63) is 119 Å². The average Bonchev–Trinajstić information content (AvgIpc) is 3.07. The molecule has 0 amide bonds. The molecule has 8 heteroatoms. The summed E-state index contributed by atoms with van der Waals surface area (Å²) in [7, 11) is 0. The Bertz CT molecular complexity index is 1700. The lowest BCUT2D eigenvalue weighted by Gasteiger charge is -2.44. The minimum atomic E-state index is -1.01. The second kappa shape index (κ2) is 22.7. The molecule has 0 radical (unpaired) electrons.